The van der Waals surface area contributed by atoms with Gasteiger partial charge in [-0.2, -0.15) is 4.31 Å². The molecule has 0 aromatic heterocycles. The van der Waals surface area contributed by atoms with Gasteiger partial charge < -0.3 is 15.2 Å². The Morgan fingerprint density at radius 2 is 2.08 bits per heavy atom. The maximum atomic E-state index is 12.7. The number of benzene rings is 1. The van der Waals surface area contributed by atoms with E-state index in [1.807, 2.05) is 0 Å². The average Bonchev–Trinajstić information content (AvgIpc) is 2.85. The molecule has 1 aliphatic heterocycles. The average molecular weight is 370 g/mol. The van der Waals surface area contributed by atoms with Crippen molar-refractivity contribution in [2.45, 2.75) is 26.3 Å². The van der Waals surface area contributed by atoms with Gasteiger partial charge >= 0.3 is 5.97 Å². The van der Waals surface area contributed by atoms with Gasteiger partial charge in [0, 0.05) is 18.3 Å². The van der Waals surface area contributed by atoms with E-state index < -0.39 is 34.5 Å². The van der Waals surface area contributed by atoms with Gasteiger partial charge in [0.15, 0.2) is 6.61 Å². The summed E-state index contributed by atoms with van der Waals surface area (Å²) in [7, 11) is -3.41. The zero-order valence-electron chi connectivity index (χ0n) is 14.1. The zero-order valence-corrected chi connectivity index (χ0v) is 15.0. The van der Waals surface area contributed by atoms with E-state index >= 15 is 0 Å². The molecule has 9 heteroatoms. The number of nitrogens with one attached hydrogen (secondary N) is 1. The van der Waals surface area contributed by atoms with Crippen LogP contribution in [0.1, 0.15) is 20.3 Å². The van der Waals surface area contributed by atoms with Gasteiger partial charge in [-0.3, -0.25) is 4.79 Å². The summed E-state index contributed by atoms with van der Waals surface area (Å²) in [4.78, 5) is 23.2. The number of carboxylic acids is 1. The highest BCUT2D eigenvalue weighted by Gasteiger charge is 2.39. The van der Waals surface area contributed by atoms with Crippen LogP contribution in [0.3, 0.4) is 0 Å². The molecule has 0 bridgehead atoms. The first-order valence-corrected chi connectivity index (χ1v) is 9.56. The summed E-state index contributed by atoms with van der Waals surface area (Å²) in [5.74, 6) is -1.36. The number of amides is 1. The highest BCUT2D eigenvalue weighted by molar-refractivity contribution is 7.89. The van der Waals surface area contributed by atoms with Crippen LogP contribution in [-0.4, -0.2) is 54.7 Å². The molecule has 0 spiro atoms. The van der Waals surface area contributed by atoms with Gasteiger partial charge in [-0.05, 0) is 24.5 Å². The number of carboxylic acid groups (broad SMARTS) is 1. The van der Waals surface area contributed by atoms with Crippen molar-refractivity contribution in [2.24, 2.45) is 5.92 Å². The number of hydrogen-bond acceptors (Lipinski definition) is 5. The molecule has 1 saturated heterocycles. The lowest BCUT2D eigenvalue weighted by Crippen LogP contribution is -2.48. The number of carbonyl (C=O) groups is 2. The molecule has 0 radical (unpaired) electrons. The van der Waals surface area contributed by atoms with Gasteiger partial charge in [-0.1, -0.05) is 19.9 Å². The molecular weight excluding hydrogens is 348 g/mol. The summed E-state index contributed by atoms with van der Waals surface area (Å²) in [5.41, 5.74) is 0.412. The number of anilines is 1. The van der Waals surface area contributed by atoms with E-state index in [0.29, 0.717) is 24.4 Å². The molecule has 8 nitrogen and oxygen atoms in total. The summed E-state index contributed by atoms with van der Waals surface area (Å²) in [6.07, 6.45) is 0.511. The summed E-state index contributed by atoms with van der Waals surface area (Å²) in [5, 5.41) is 11.3. The molecule has 1 aromatic carbocycles. The van der Waals surface area contributed by atoms with E-state index in [1.54, 1.807) is 32.0 Å². The molecule has 1 aromatic rings. The summed E-state index contributed by atoms with van der Waals surface area (Å²) in [6.45, 7) is 3.44. The number of rotatable bonds is 7. The SMILES string of the molecule is CC(C)C(C(=O)Nc1cccc(OCC(=O)O)c1)N1CCCS1(=O)=O. The Labute approximate surface area is 146 Å². The fourth-order valence-electron chi connectivity index (χ4n) is 2.76. The lowest BCUT2D eigenvalue weighted by molar-refractivity contribution is -0.139. The minimum absolute atomic E-state index is 0.0576. The third-order valence-electron chi connectivity index (χ3n) is 3.81. The highest BCUT2D eigenvalue weighted by Crippen LogP contribution is 2.24. The van der Waals surface area contributed by atoms with Crippen LogP contribution in [0.5, 0.6) is 5.75 Å². The summed E-state index contributed by atoms with van der Waals surface area (Å²) in [6, 6.07) is 5.52. The molecule has 1 heterocycles. The van der Waals surface area contributed by atoms with Crippen molar-refractivity contribution in [3.63, 3.8) is 0 Å². The highest BCUT2D eigenvalue weighted by atomic mass is 32.2. The standard InChI is InChI=1S/C16H22N2O6S/c1-11(2)15(18-7-4-8-25(18,22)23)16(21)17-12-5-3-6-13(9-12)24-10-14(19)20/h3,5-6,9,11,15H,4,7-8,10H2,1-2H3,(H,17,21)(H,19,20). The third kappa shape index (κ3) is 4.93. The molecule has 2 N–H and O–H groups in total. The van der Waals surface area contributed by atoms with Crippen LogP contribution in [0.25, 0.3) is 0 Å². The first kappa shape index (κ1) is 19.2. The van der Waals surface area contributed by atoms with Gasteiger partial charge in [-0.15, -0.1) is 0 Å². The number of ether oxygens (including phenoxy) is 1. The van der Waals surface area contributed by atoms with Gasteiger partial charge in [0.1, 0.15) is 11.8 Å². The molecule has 25 heavy (non-hydrogen) atoms. The first-order chi connectivity index (χ1) is 11.7. The molecule has 1 unspecified atom stereocenters. The summed E-state index contributed by atoms with van der Waals surface area (Å²) >= 11 is 0. The van der Waals surface area contributed by atoms with Gasteiger partial charge in [-0.25, -0.2) is 13.2 Å². The smallest absolute Gasteiger partial charge is 0.341 e. The molecular formula is C16H22N2O6S. The zero-order chi connectivity index (χ0) is 18.6. The van der Waals surface area contributed by atoms with E-state index in [1.165, 1.54) is 10.4 Å². The first-order valence-electron chi connectivity index (χ1n) is 7.96. The minimum atomic E-state index is -3.41. The Balaban J connectivity index is 2.13. The fourth-order valence-corrected chi connectivity index (χ4v) is 4.58. The van der Waals surface area contributed by atoms with Crippen molar-refractivity contribution in [1.82, 2.24) is 4.31 Å². The van der Waals surface area contributed by atoms with Gasteiger partial charge in [0.05, 0.1) is 5.75 Å². The number of hydrogen-bond donors (Lipinski definition) is 2. The fraction of sp³-hybridized carbons (Fsp3) is 0.500. The predicted octanol–water partition coefficient (Wildman–Crippen LogP) is 1.15. The normalized spacial score (nSPS) is 18.0. The van der Waals surface area contributed by atoms with E-state index in [2.05, 4.69) is 5.32 Å². The molecule has 0 saturated carbocycles. The van der Waals surface area contributed by atoms with E-state index in [9.17, 15) is 18.0 Å². The number of sulfonamides is 1. The predicted molar refractivity (Wildman–Crippen MR) is 91.9 cm³/mol. The Hall–Kier alpha value is -2.13. The maximum absolute atomic E-state index is 12.7. The Morgan fingerprint density at radius 3 is 2.64 bits per heavy atom. The van der Waals surface area contributed by atoms with Crippen LogP contribution in [0.15, 0.2) is 24.3 Å². The van der Waals surface area contributed by atoms with Crippen molar-refractivity contribution in [3.05, 3.63) is 24.3 Å². The minimum Gasteiger partial charge on any atom is -0.482 e. The topological polar surface area (TPSA) is 113 Å². The van der Waals surface area contributed by atoms with Crippen molar-refractivity contribution < 1.29 is 27.9 Å². The second-order valence-corrected chi connectivity index (χ2v) is 8.21. The maximum Gasteiger partial charge on any atom is 0.341 e. The summed E-state index contributed by atoms with van der Waals surface area (Å²) < 4.78 is 30.6. The van der Waals surface area contributed by atoms with Crippen molar-refractivity contribution in [3.8, 4) is 5.75 Å². The third-order valence-corrected chi connectivity index (χ3v) is 5.74. The number of nitrogens with zero attached hydrogens (tertiary/aromatic N) is 1. The quantitative estimate of drug-likeness (QED) is 0.744. The van der Waals surface area contributed by atoms with Crippen LogP contribution in [0, 0.1) is 5.92 Å². The molecule has 0 aliphatic carbocycles. The second-order valence-electron chi connectivity index (χ2n) is 6.17. The van der Waals surface area contributed by atoms with Crippen LogP contribution in [0.2, 0.25) is 0 Å². The van der Waals surface area contributed by atoms with E-state index in [-0.39, 0.29) is 11.7 Å². The van der Waals surface area contributed by atoms with Crippen molar-refractivity contribution >= 4 is 27.6 Å². The van der Waals surface area contributed by atoms with E-state index in [0.717, 1.165) is 0 Å². The number of aliphatic carboxylic acids is 1. The monoisotopic (exact) mass is 370 g/mol. The lowest BCUT2D eigenvalue weighted by atomic mass is 10.0. The molecule has 1 atom stereocenters. The van der Waals surface area contributed by atoms with Crippen LogP contribution < -0.4 is 10.1 Å². The van der Waals surface area contributed by atoms with Crippen LogP contribution >= 0.6 is 0 Å². The largest absolute Gasteiger partial charge is 0.482 e. The molecule has 1 fully saturated rings. The van der Waals surface area contributed by atoms with Gasteiger partial charge in [0.25, 0.3) is 0 Å². The molecule has 138 valence electrons. The molecule has 1 amide bonds. The second kappa shape index (κ2) is 7.83. The van der Waals surface area contributed by atoms with Crippen LogP contribution in [0.4, 0.5) is 5.69 Å². The van der Waals surface area contributed by atoms with Crippen molar-refractivity contribution in [2.75, 3.05) is 24.2 Å². The Morgan fingerprint density at radius 1 is 1.36 bits per heavy atom. The van der Waals surface area contributed by atoms with Crippen LogP contribution in [-0.2, 0) is 19.6 Å². The Bertz CT molecular complexity index is 747. The lowest BCUT2D eigenvalue weighted by Gasteiger charge is -2.28. The molecule has 1 aliphatic rings. The number of carbonyl (C=O) groups excluding carboxylic acids is 1. The van der Waals surface area contributed by atoms with Crippen molar-refractivity contribution in [1.29, 1.82) is 0 Å². The van der Waals surface area contributed by atoms with E-state index in [4.69, 9.17) is 9.84 Å². The van der Waals surface area contributed by atoms with Gasteiger partial charge in [0.2, 0.25) is 15.9 Å². The molecule has 2 rings (SSSR count). The Kier molecular flexibility index (Phi) is 6.02.